The van der Waals surface area contributed by atoms with Crippen molar-refractivity contribution in [2.45, 2.75) is 71.7 Å². The maximum Gasteiger partial charge on any atom is 0.227 e. The molecule has 4 fully saturated rings. The number of aliphatic hydroxyl groups is 8. The first-order valence-corrected chi connectivity index (χ1v) is 24.4. The quantitative estimate of drug-likeness (QED) is 0.0922. The molecule has 432 valence electrons. The van der Waals surface area contributed by atoms with Gasteiger partial charge in [0.25, 0.3) is 0 Å². The lowest BCUT2D eigenvalue weighted by atomic mass is 9.90. The van der Waals surface area contributed by atoms with Crippen LogP contribution in [-0.2, 0) is 23.7 Å². The number of carbonyl (C=O) groups is 1. The average Bonchev–Trinajstić information content (AvgIpc) is 4.28. The molecule has 0 spiro atoms. The number of hydrogen-bond acceptors (Lipinski definition) is 26. The molecule has 16 atom stereocenters. The molecular weight excluding hydrogens is 1090 g/mol. The summed E-state index contributed by atoms with van der Waals surface area (Å²) in [6.07, 6.45) is 32.2. The zero-order chi connectivity index (χ0) is 61.2. The topological polar surface area (TPSA) is 432 Å². The van der Waals surface area contributed by atoms with Crippen LogP contribution in [0.25, 0.3) is 0 Å². The number of ether oxygens (including phenoxy) is 4. The SMILES string of the molecule is C#C[C@@H]1[C@H](N2C=CC(N)=NC2=C)O[C@](C#C)(CO)[C@H]1O.C#C[C@]1(CO)O[C@@H](N2C=CC(N)=NC2=C)[C@@H](C#N)[C@@H]1O.C#C[C@]1(CO)O[C@@H](N2C=CC(N)=NC2=C)[C@@H](C(N)=O)[C@@H]1O.C#C[C@]1(CO)O[C@@H](N2C=CC(N)=NC2=C)[C@@H](C=CCl)[C@@H]1O. The molecule has 8 aliphatic rings. The number of primary amides is 1. The first-order valence-electron chi connectivity index (χ1n) is 24.0. The molecule has 0 aromatic rings. The van der Waals surface area contributed by atoms with Crippen molar-refractivity contribution in [3.8, 4) is 67.8 Å². The number of nitrogens with two attached hydrogens (primary N) is 5. The summed E-state index contributed by atoms with van der Waals surface area (Å²) in [5.41, 5.74) is 22.4. The molecule has 0 aliphatic carbocycles. The summed E-state index contributed by atoms with van der Waals surface area (Å²) in [5.74, 6) is 9.40. The van der Waals surface area contributed by atoms with Crippen molar-refractivity contribution in [3.05, 3.63) is 110 Å². The highest BCUT2D eigenvalue weighted by atomic mass is 35.5. The summed E-state index contributed by atoms with van der Waals surface area (Å²) >= 11 is 5.62. The van der Waals surface area contributed by atoms with E-state index in [1.165, 1.54) is 44.8 Å². The van der Waals surface area contributed by atoms with Crippen LogP contribution in [0.15, 0.2) is 130 Å². The zero-order valence-electron chi connectivity index (χ0n) is 43.7. The largest absolute Gasteiger partial charge is 0.392 e. The van der Waals surface area contributed by atoms with Gasteiger partial charge < -0.3 is 108 Å². The molecular formula is C54H61ClN14O13. The van der Waals surface area contributed by atoms with Crippen LogP contribution in [0.4, 0.5) is 0 Å². The van der Waals surface area contributed by atoms with Crippen LogP contribution in [0.3, 0.4) is 0 Å². The number of rotatable bonds is 10. The maximum atomic E-state index is 11.6. The molecule has 8 aliphatic heterocycles. The van der Waals surface area contributed by atoms with Crippen LogP contribution in [0, 0.1) is 96.7 Å². The van der Waals surface area contributed by atoms with Crippen molar-refractivity contribution in [1.82, 2.24) is 19.6 Å². The normalized spacial score (nSPS) is 36.1. The van der Waals surface area contributed by atoms with Gasteiger partial charge in [0.15, 0.2) is 41.1 Å². The molecule has 0 bridgehead atoms. The van der Waals surface area contributed by atoms with Crippen molar-refractivity contribution in [2.24, 2.45) is 72.3 Å². The highest BCUT2D eigenvalue weighted by Gasteiger charge is 2.60. The summed E-state index contributed by atoms with van der Waals surface area (Å²) in [7, 11) is 0. The number of halogens is 1. The van der Waals surface area contributed by atoms with E-state index in [2.05, 4.69) is 75.9 Å². The number of amides is 1. The summed E-state index contributed by atoms with van der Waals surface area (Å²) in [6.45, 7) is 12.6. The second-order valence-electron chi connectivity index (χ2n) is 18.5. The second-order valence-corrected chi connectivity index (χ2v) is 18.7. The predicted octanol–water partition coefficient (Wildman–Crippen LogP) is -4.24. The minimum atomic E-state index is -1.72. The molecule has 18 N–H and O–H groups in total. The van der Waals surface area contributed by atoms with E-state index in [-0.39, 0.29) is 23.3 Å². The van der Waals surface area contributed by atoms with Gasteiger partial charge in [0.1, 0.15) is 89.1 Å². The van der Waals surface area contributed by atoms with Gasteiger partial charge in [-0.3, -0.25) is 4.79 Å². The Bertz CT molecular complexity index is 3000. The van der Waals surface area contributed by atoms with Crippen molar-refractivity contribution in [1.29, 1.82) is 5.26 Å². The molecule has 0 saturated carbocycles. The van der Waals surface area contributed by atoms with Crippen LogP contribution in [-0.4, -0.2) is 188 Å². The van der Waals surface area contributed by atoms with Gasteiger partial charge in [-0.15, -0.1) is 32.1 Å². The van der Waals surface area contributed by atoms with Crippen molar-refractivity contribution >= 4 is 40.9 Å². The van der Waals surface area contributed by atoms with E-state index >= 15 is 0 Å². The zero-order valence-corrected chi connectivity index (χ0v) is 44.4. The Kier molecular flexibility index (Phi) is 20.5. The van der Waals surface area contributed by atoms with Crippen molar-refractivity contribution < 1.29 is 64.6 Å². The van der Waals surface area contributed by atoms with E-state index in [9.17, 15) is 50.9 Å². The lowest BCUT2D eigenvalue weighted by Gasteiger charge is -2.31. The molecule has 1 amide bonds. The van der Waals surface area contributed by atoms with Crippen LogP contribution < -0.4 is 28.7 Å². The fraction of sp³-hybridized carbons (Fsp3) is 0.370. The number of nitrogens with zero attached hydrogens (tertiary/aromatic N) is 9. The molecule has 0 aromatic heterocycles. The Morgan fingerprint density at radius 1 is 0.573 bits per heavy atom. The third-order valence-corrected chi connectivity index (χ3v) is 13.8. The Morgan fingerprint density at radius 3 is 1.20 bits per heavy atom. The van der Waals surface area contributed by atoms with Crippen LogP contribution >= 0.6 is 11.6 Å². The number of aliphatic imine (C=N–C) groups is 4. The van der Waals surface area contributed by atoms with E-state index < -0.39 is 128 Å². The molecule has 28 heteroatoms. The van der Waals surface area contributed by atoms with Crippen molar-refractivity contribution in [2.75, 3.05) is 26.4 Å². The summed E-state index contributed by atoms with van der Waals surface area (Å²) < 4.78 is 22.5. The maximum absolute atomic E-state index is 11.6. The summed E-state index contributed by atoms with van der Waals surface area (Å²) in [6, 6.07) is 1.94. The smallest absolute Gasteiger partial charge is 0.227 e. The van der Waals surface area contributed by atoms with Gasteiger partial charge in [-0.1, -0.05) is 73.6 Å². The molecule has 4 saturated heterocycles. The number of hydrogen-bond donors (Lipinski definition) is 13. The number of terminal acetylenes is 5. The molecule has 27 nitrogen and oxygen atoms in total. The molecule has 8 rings (SSSR count). The Morgan fingerprint density at radius 2 is 0.878 bits per heavy atom. The summed E-state index contributed by atoms with van der Waals surface area (Å²) in [5, 5.41) is 88.0. The van der Waals surface area contributed by atoms with E-state index in [0.717, 1.165) is 0 Å². The van der Waals surface area contributed by atoms with Gasteiger partial charge in [-0.2, -0.15) is 5.26 Å². The fourth-order valence-electron chi connectivity index (χ4n) is 9.12. The Labute approximate surface area is 477 Å². The van der Waals surface area contributed by atoms with Crippen molar-refractivity contribution in [3.63, 3.8) is 0 Å². The lowest BCUT2D eigenvalue weighted by molar-refractivity contribution is -0.128. The lowest BCUT2D eigenvalue weighted by Crippen LogP contribution is -2.47. The monoisotopic (exact) mass is 1150 g/mol. The first-order chi connectivity index (χ1) is 38.8. The number of carbonyl (C=O) groups excluding carboxylic acids is 1. The minimum Gasteiger partial charge on any atom is -0.392 e. The summed E-state index contributed by atoms with van der Waals surface area (Å²) in [4.78, 5) is 33.5. The van der Waals surface area contributed by atoms with Gasteiger partial charge in [0.05, 0.1) is 44.3 Å². The molecule has 8 heterocycles. The number of amidine groups is 4. The van der Waals surface area contributed by atoms with E-state index in [1.54, 1.807) is 35.5 Å². The van der Waals surface area contributed by atoms with E-state index in [0.29, 0.717) is 23.3 Å². The number of aliphatic hydroxyl groups excluding tert-OH is 8. The van der Waals surface area contributed by atoms with Crippen LogP contribution in [0.2, 0.25) is 0 Å². The molecule has 0 unspecified atom stereocenters. The molecule has 0 radical (unpaired) electrons. The van der Waals surface area contributed by atoms with Crippen LogP contribution in [0.1, 0.15) is 0 Å². The fourth-order valence-corrected chi connectivity index (χ4v) is 9.29. The van der Waals surface area contributed by atoms with Gasteiger partial charge in [-0.05, 0) is 24.3 Å². The third-order valence-electron chi connectivity index (χ3n) is 13.7. The number of nitriles is 1. The average molecular weight is 1150 g/mol. The molecule has 82 heavy (non-hydrogen) atoms. The first kappa shape index (κ1) is 64.1. The highest BCUT2D eigenvalue weighted by molar-refractivity contribution is 6.25. The standard InChI is InChI=1S/C14H16ClN3O3.C14H15N3O3.C13H16N4O4.C13H14N4O3/c1-3-14(8-19)12(20)10(4-6-15)13(21-14)18-7-5-11(16)17-9(18)2;1-4-10-12(19)14(5-2,8-18)20-13(10)17-7-6-11(15)16-9(17)3;1-3-13(6-18)10(19)9(11(15)20)12(21-13)17-5-4-8(14)16-7(17)2;1-3-13(7-18)11(19)9(6-14)12(20-13)17-5-4-10(15)16-8(17)2/h1,4-7,10,12-13,19-20H,2,8H2,(H2,16,17);1-2,6-7,10,12-13,18-19H,3,8H2,(H2,15,16);1,4-5,9-10,12,18-19H,2,6H2,(H2,14,16)(H2,15,20);1,4-5,9,11-12,18-19H,2,7H2,(H2,15,16)/t2*10-,12-,13+,14+;9-,10+,12-,13-;9-,11-,12+,13+/m0010/s1. The minimum absolute atomic E-state index is 0.198. The van der Waals surface area contributed by atoms with E-state index in [1.807, 2.05) is 6.07 Å². The Balaban J connectivity index is 0.000000200. The van der Waals surface area contributed by atoms with E-state index in [4.69, 9.17) is 91.3 Å². The van der Waals surface area contributed by atoms with Crippen LogP contribution in [0.5, 0.6) is 0 Å². The van der Waals surface area contributed by atoms with Gasteiger partial charge >= 0.3 is 0 Å². The predicted molar refractivity (Wildman–Crippen MR) is 298 cm³/mol. The molecule has 0 aromatic carbocycles. The second kappa shape index (κ2) is 26.3. The van der Waals surface area contributed by atoms with Gasteiger partial charge in [-0.25, -0.2) is 20.0 Å². The van der Waals surface area contributed by atoms with Gasteiger partial charge in [0, 0.05) is 30.3 Å². The Hall–Kier alpha value is -8.69. The third kappa shape index (κ3) is 12.2. The highest BCUT2D eigenvalue weighted by Crippen LogP contribution is 2.42. The van der Waals surface area contributed by atoms with Gasteiger partial charge in [0.2, 0.25) is 5.91 Å².